The maximum absolute atomic E-state index is 12.5. The summed E-state index contributed by atoms with van der Waals surface area (Å²) in [5, 5.41) is 0.405. The van der Waals surface area contributed by atoms with Crippen LogP contribution in [0.4, 0.5) is 5.69 Å². The highest BCUT2D eigenvalue weighted by atomic mass is 16.5. The topological polar surface area (TPSA) is 119 Å². The number of benzene rings is 2. The molecule has 0 spiro atoms. The number of nitrogens with zero attached hydrogens (tertiary/aromatic N) is 2. The van der Waals surface area contributed by atoms with E-state index in [0.29, 0.717) is 16.6 Å². The minimum atomic E-state index is -0.624. The van der Waals surface area contributed by atoms with E-state index in [4.69, 9.17) is 4.74 Å². The SMILES string of the molecule is O=C(OCCCn1c(=O)[nH]c2ccccc2c1=O)c1cccc(N2C(=O)CCC2=O)c1. The highest BCUT2D eigenvalue weighted by Gasteiger charge is 2.30. The molecule has 0 bridgehead atoms. The molecule has 158 valence electrons. The number of aromatic amines is 1. The number of ether oxygens (including phenoxy) is 1. The Labute approximate surface area is 175 Å². The van der Waals surface area contributed by atoms with Crippen LogP contribution in [0.25, 0.3) is 10.9 Å². The molecule has 4 rings (SSSR count). The number of rotatable bonds is 6. The number of para-hydroxylation sites is 1. The first-order chi connectivity index (χ1) is 15.0. The van der Waals surface area contributed by atoms with Crippen LogP contribution in [0.2, 0.25) is 0 Å². The molecule has 0 unspecified atom stereocenters. The van der Waals surface area contributed by atoms with Crippen molar-refractivity contribution in [1.29, 1.82) is 0 Å². The summed E-state index contributed by atoms with van der Waals surface area (Å²) in [6, 6.07) is 12.8. The molecular formula is C22H19N3O6. The fourth-order valence-corrected chi connectivity index (χ4v) is 3.51. The third-order valence-corrected chi connectivity index (χ3v) is 5.04. The average molecular weight is 421 g/mol. The lowest BCUT2D eigenvalue weighted by atomic mass is 10.2. The summed E-state index contributed by atoms with van der Waals surface area (Å²) in [6.07, 6.45) is 0.567. The number of esters is 1. The van der Waals surface area contributed by atoms with Crippen LogP contribution in [-0.4, -0.2) is 33.9 Å². The van der Waals surface area contributed by atoms with Crippen LogP contribution in [0.1, 0.15) is 29.6 Å². The second-order valence-electron chi connectivity index (χ2n) is 7.10. The van der Waals surface area contributed by atoms with Crippen LogP contribution >= 0.6 is 0 Å². The van der Waals surface area contributed by atoms with Crippen LogP contribution in [0.3, 0.4) is 0 Å². The van der Waals surface area contributed by atoms with Crippen molar-refractivity contribution in [2.24, 2.45) is 0 Å². The molecule has 31 heavy (non-hydrogen) atoms. The van der Waals surface area contributed by atoms with E-state index in [1.807, 2.05) is 0 Å². The Morgan fingerprint density at radius 1 is 0.968 bits per heavy atom. The molecule has 1 saturated heterocycles. The molecule has 9 nitrogen and oxygen atoms in total. The summed E-state index contributed by atoms with van der Waals surface area (Å²) in [4.78, 5) is 64.5. The van der Waals surface area contributed by atoms with Crippen molar-refractivity contribution in [2.75, 3.05) is 11.5 Å². The molecule has 0 aliphatic carbocycles. The molecule has 1 aliphatic heterocycles. The Hall–Kier alpha value is -4.01. The van der Waals surface area contributed by atoms with E-state index >= 15 is 0 Å². The number of H-pyrrole nitrogens is 1. The molecule has 2 amide bonds. The van der Waals surface area contributed by atoms with Gasteiger partial charge in [0.1, 0.15) is 0 Å². The molecule has 0 atom stereocenters. The number of anilines is 1. The molecule has 9 heteroatoms. The number of amides is 2. The van der Waals surface area contributed by atoms with Gasteiger partial charge in [-0.15, -0.1) is 0 Å². The van der Waals surface area contributed by atoms with Gasteiger partial charge in [0.15, 0.2) is 0 Å². The summed E-state index contributed by atoms with van der Waals surface area (Å²) >= 11 is 0. The smallest absolute Gasteiger partial charge is 0.338 e. The summed E-state index contributed by atoms with van der Waals surface area (Å²) < 4.78 is 6.30. The van der Waals surface area contributed by atoms with Gasteiger partial charge in [-0.3, -0.25) is 23.9 Å². The standard InChI is InChI=1S/C22H19N3O6/c26-18-9-10-19(27)25(18)15-6-3-5-14(13-15)21(29)31-12-4-11-24-20(28)16-7-1-2-8-17(16)23-22(24)30/h1-3,5-8,13H,4,9-12H2,(H,23,30). The van der Waals surface area contributed by atoms with Gasteiger partial charge in [0.25, 0.3) is 5.56 Å². The second kappa shape index (κ2) is 8.39. The maximum Gasteiger partial charge on any atom is 0.338 e. The van der Waals surface area contributed by atoms with Gasteiger partial charge in [0.2, 0.25) is 11.8 Å². The van der Waals surface area contributed by atoms with Crippen LogP contribution in [0, 0.1) is 0 Å². The Morgan fingerprint density at radius 3 is 2.48 bits per heavy atom. The van der Waals surface area contributed by atoms with Crippen molar-refractivity contribution in [2.45, 2.75) is 25.8 Å². The van der Waals surface area contributed by atoms with Gasteiger partial charge in [-0.05, 0) is 36.8 Å². The Kier molecular flexibility index (Phi) is 5.48. The molecule has 1 fully saturated rings. The third kappa shape index (κ3) is 4.02. The monoisotopic (exact) mass is 421 g/mol. The molecule has 3 aromatic rings. The Balaban J connectivity index is 1.39. The summed E-state index contributed by atoms with van der Waals surface area (Å²) in [5.41, 5.74) is 0.0675. The molecule has 2 aromatic carbocycles. The van der Waals surface area contributed by atoms with Gasteiger partial charge in [-0.1, -0.05) is 18.2 Å². The predicted molar refractivity (Wildman–Crippen MR) is 112 cm³/mol. The predicted octanol–water partition coefficient (Wildman–Crippen LogP) is 1.59. The van der Waals surface area contributed by atoms with Crippen LogP contribution < -0.4 is 16.1 Å². The molecule has 2 heterocycles. The number of hydrogen-bond acceptors (Lipinski definition) is 6. The van der Waals surface area contributed by atoms with Crippen molar-refractivity contribution >= 4 is 34.4 Å². The van der Waals surface area contributed by atoms with Crippen molar-refractivity contribution in [3.05, 3.63) is 74.9 Å². The quantitative estimate of drug-likeness (QED) is 0.367. The lowest BCUT2D eigenvalue weighted by Gasteiger charge is -2.14. The summed E-state index contributed by atoms with van der Waals surface area (Å²) in [7, 11) is 0. The largest absolute Gasteiger partial charge is 0.462 e. The van der Waals surface area contributed by atoms with E-state index in [1.165, 1.54) is 12.1 Å². The van der Waals surface area contributed by atoms with Crippen molar-refractivity contribution in [3.63, 3.8) is 0 Å². The maximum atomic E-state index is 12.5. The van der Waals surface area contributed by atoms with Crippen molar-refractivity contribution < 1.29 is 19.1 Å². The fourth-order valence-electron chi connectivity index (χ4n) is 3.51. The molecule has 1 aliphatic rings. The Bertz CT molecular complexity index is 1290. The number of nitrogens with one attached hydrogen (secondary N) is 1. The molecule has 1 N–H and O–H groups in total. The van der Waals surface area contributed by atoms with Crippen LogP contribution in [0.15, 0.2) is 58.1 Å². The zero-order valence-electron chi connectivity index (χ0n) is 16.5. The number of imide groups is 1. The first kappa shape index (κ1) is 20.3. The van der Waals surface area contributed by atoms with Gasteiger partial charge in [0, 0.05) is 19.4 Å². The van der Waals surface area contributed by atoms with Gasteiger partial charge in [-0.25, -0.2) is 9.59 Å². The third-order valence-electron chi connectivity index (χ3n) is 5.04. The number of fused-ring (bicyclic) bond motifs is 1. The van der Waals surface area contributed by atoms with Crippen LogP contribution in [-0.2, 0) is 20.9 Å². The number of hydrogen-bond donors (Lipinski definition) is 1. The molecule has 0 radical (unpaired) electrons. The molecule has 0 saturated carbocycles. The van der Waals surface area contributed by atoms with Gasteiger partial charge in [-0.2, -0.15) is 0 Å². The van der Waals surface area contributed by atoms with E-state index in [1.54, 1.807) is 36.4 Å². The number of carbonyl (C=O) groups is 3. The normalized spacial score (nSPS) is 13.7. The second-order valence-corrected chi connectivity index (χ2v) is 7.10. The van der Waals surface area contributed by atoms with E-state index in [2.05, 4.69) is 4.98 Å². The lowest BCUT2D eigenvalue weighted by molar-refractivity contribution is -0.121. The van der Waals surface area contributed by atoms with Gasteiger partial charge < -0.3 is 9.72 Å². The minimum Gasteiger partial charge on any atom is -0.462 e. The zero-order chi connectivity index (χ0) is 22.0. The first-order valence-electron chi connectivity index (χ1n) is 9.80. The molecule has 1 aromatic heterocycles. The zero-order valence-corrected chi connectivity index (χ0v) is 16.5. The first-order valence-corrected chi connectivity index (χ1v) is 9.80. The van der Waals surface area contributed by atoms with Crippen LogP contribution in [0.5, 0.6) is 0 Å². The van der Waals surface area contributed by atoms with Crippen molar-refractivity contribution in [3.8, 4) is 0 Å². The molecular weight excluding hydrogens is 402 g/mol. The summed E-state index contributed by atoms with van der Waals surface area (Å²) in [5.74, 6) is -1.23. The highest BCUT2D eigenvalue weighted by molar-refractivity contribution is 6.20. The van der Waals surface area contributed by atoms with E-state index in [0.717, 1.165) is 9.47 Å². The minimum absolute atomic E-state index is 0.0106. The van der Waals surface area contributed by atoms with Crippen molar-refractivity contribution in [1.82, 2.24) is 9.55 Å². The van der Waals surface area contributed by atoms with Gasteiger partial charge in [0.05, 0.1) is 28.8 Å². The summed E-state index contributed by atoms with van der Waals surface area (Å²) in [6.45, 7) is 0.0758. The van der Waals surface area contributed by atoms with E-state index in [-0.39, 0.29) is 49.8 Å². The number of aromatic nitrogens is 2. The lowest BCUT2D eigenvalue weighted by Crippen LogP contribution is -2.35. The van der Waals surface area contributed by atoms with E-state index in [9.17, 15) is 24.0 Å². The van der Waals surface area contributed by atoms with Gasteiger partial charge >= 0.3 is 11.7 Å². The highest BCUT2D eigenvalue weighted by Crippen LogP contribution is 2.23. The fraction of sp³-hybridized carbons (Fsp3) is 0.227. The Morgan fingerprint density at radius 2 is 1.71 bits per heavy atom. The van der Waals surface area contributed by atoms with E-state index < -0.39 is 17.2 Å². The average Bonchev–Trinajstić information content (AvgIpc) is 3.11. The number of carbonyl (C=O) groups excluding carboxylic acids is 3.